The molecule has 0 bridgehead atoms. The first-order valence-corrected chi connectivity index (χ1v) is 5.44. The zero-order valence-electron chi connectivity index (χ0n) is 5.39. The van der Waals surface area contributed by atoms with Crippen LogP contribution in [0.3, 0.4) is 0 Å². The maximum Gasteiger partial charge on any atom is 0.218 e. The molecule has 0 atom stereocenters. The van der Waals surface area contributed by atoms with Crippen molar-refractivity contribution >= 4 is 9.04 Å². The molecule has 0 spiro atoms. The molecule has 0 rings (SSSR count). The molecule has 0 amide bonds. The highest BCUT2D eigenvalue weighted by molar-refractivity contribution is 6.48. The molecule has 0 radical (unpaired) electrons. The zero-order chi connectivity index (χ0) is 6.41. The van der Waals surface area contributed by atoms with Crippen LogP contribution >= 0.6 is 0 Å². The summed E-state index contributed by atoms with van der Waals surface area (Å²) in [6, 6.07) is 0. The summed E-state index contributed by atoms with van der Waals surface area (Å²) in [5.41, 5.74) is 0. The van der Waals surface area contributed by atoms with Crippen molar-refractivity contribution in [2.45, 2.75) is 13.1 Å². The smallest absolute Gasteiger partial charge is 0.218 e. The van der Waals surface area contributed by atoms with Gasteiger partial charge in [-0.25, -0.2) is 4.89 Å². The Morgan fingerprint density at radius 2 is 2.25 bits per heavy atom. The molecular weight excluding hydrogens is 120 g/mol. The minimum atomic E-state index is -0.972. The van der Waals surface area contributed by atoms with E-state index in [2.05, 4.69) is 11.5 Å². The topological polar surface area (TPSA) is 18.5 Å². The molecule has 0 aliphatic carbocycles. The van der Waals surface area contributed by atoms with E-state index in [4.69, 9.17) is 4.58 Å². The molecule has 0 aromatic carbocycles. The maximum absolute atomic E-state index is 4.85. The van der Waals surface area contributed by atoms with Gasteiger partial charge in [-0.05, 0) is 13.1 Å². The third-order valence-corrected chi connectivity index (χ3v) is 0.967. The summed E-state index contributed by atoms with van der Waals surface area (Å²) in [6.45, 7) is 8.05. The monoisotopic (exact) mass is 132 g/mol. The average Bonchev–Trinajstić information content (AvgIpc) is 1.66. The van der Waals surface area contributed by atoms with Crippen molar-refractivity contribution in [2.75, 3.05) is 6.61 Å². The first-order chi connectivity index (χ1) is 3.77. The molecule has 0 saturated carbocycles. The summed E-state index contributed by atoms with van der Waals surface area (Å²) in [6.07, 6.45) is 1.66. The summed E-state index contributed by atoms with van der Waals surface area (Å²) in [5, 5.41) is 0. The normalized spacial score (nSPS) is 9.88. The molecule has 2 nitrogen and oxygen atoms in total. The van der Waals surface area contributed by atoms with Crippen LogP contribution in [-0.2, 0) is 9.46 Å². The van der Waals surface area contributed by atoms with Crippen molar-refractivity contribution < 1.29 is 9.46 Å². The second-order valence-electron chi connectivity index (χ2n) is 1.72. The summed E-state index contributed by atoms with van der Waals surface area (Å²) in [4.78, 5) is 4.69. The summed E-state index contributed by atoms with van der Waals surface area (Å²) < 4.78 is 4.85. The molecule has 0 N–H and O–H groups in total. The third-order valence-electron chi connectivity index (χ3n) is 0.446. The van der Waals surface area contributed by atoms with E-state index in [9.17, 15) is 0 Å². The van der Waals surface area contributed by atoms with Gasteiger partial charge in [-0.15, -0.1) is 6.58 Å². The zero-order valence-corrected chi connectivity index (χ0v) is 6.54. The van der Waals surface area contributed by atoms with Gasteiger partial charge in [0.25, 0.3) is 0 Å². The van der Waals surface area contributed by atoms with Gasteiger partial charge in [0.1, 0.15) is 0 Å². The molecule has 0 saturated heterocycles. The predicted molar refractivity (Wildman–Crippen MR) is 36.1 cm³/mol. The Morgan fingerprint density at radius 1 is 1.62 bits per heavy atom. The standard InChI is InChI=1S/C5H12O2Si/c1-4-5-6-7-8(2)3/h4,8H,1,5H2,2-3H3. The summed E-state index contributed by atoms with van der Waals surface area (Å²) in [5.74, 6) is 0. The molecule has 3 heteroatoms. The molecule has 48 valence electrons. The van der Waals surface area contributed by atoms with Crippen LogP contribution in [0.4, 0.5) is 0 Å². The highest BCUT2D eigenvalue weighted by Gasteiger charge is 1.92. The van der Waals surface area contributed by atoms with Crippen LogP contribution in [0, 0.1) is 0 Å². The van der Waals surface area contributed by atoms with E-state index in [1.807, 2.05) is 13.1 Å². The number of hydrogen-bond acceptors (Lipinski definition) is 2. The largest absolute Gasteiger partial charge is 0.291 e. The van der Waals surface area contributed by atoms with E-state index in [0.717, 1.165) is 0 Å². The van der Waals surface area contributed by atoms with Gasteiger partial charge in [-0.3, -0.25) is 4.58 Å². The van der Waals surface area contributed by atoms with Crippen molar-refractivity contribution in [3.63, 3.8) is 0 Å². The van der Waals surface area contributed by atoms with Gasteiger partial charge in [0.15, 0.2) is 0 Å². The van der Waals surface area contributed by atoms with E-state index >= 15 is 0 Å². The van der Waals surface area contributed by atoms with Crippen molar-refractivity contribution in [2.24, 2.45) is 0 Å². The van der Waals surface area contributed by atoms with Gasteiger partial charge in [0.05, 0.1) is 6.61 Å². The molecule has 0 aromatic heterocycles. The van der Waals surface area contributed by atoms with Gasteiger partial charge in [-0.1, -0.05) is 6.08 Å². The van der Waals surface area contributed by atoms with Gasteiger partial charge >= 0.3 is 0 Å². The lowest BCUT2D eigenvalue weighted by atomic mass is 10.7. The Labute approximate surface area is 51.8 Å². The Balaban J connectivity index is 2.81. The summed E-state index contributed by atoms with van der Waals surface area (Å²) in [7, 11) is -0.972. The Morgan fingerprint density at radius 3 is 2.62 bits per heavy atom. The van der Waals surface area contributed by atoms with Gasteiger partial charge in [0.2, 0.25) is 9.04 Å². The van der Waals surface area contributed by atoms with Crippen LogP contribution in [0.1, 0.15) is 0 Å². The first kappa shape index (κ1) is 7.88. The molecule has 8 heavy (non-hydrogen) atoms. The second kappa shape index (κ2) is 5.02. The Bertz CT molecular complexity index is 63.4. The molecular formula is C5H12O2Si. The van der Waals surface area contributed by atoms with Crippen molar-refractivity contribution in [1.29, 1.82) is 0 Å². The quantitative estimate of drug-likeness (QED) is 0.187. The van der Waals surface area contributed by atoms with Crippen LogP contribution in [0.15, 0.2) is 12.7 Å². The van der Waals surface area contributed by atoms with E-state index in [-0.39, 0.29) is 0 Å². The molecule has 0 fully saturated rings. The second-order valence-corrected chi connectivity index (χ2v) is 4.01. The lowest BCUT2D eigenvalue weighted by Crippen LogP contribution is -2.07. The van der Waals surface area contributed by atoms with Crippen molar-refractivity contribution in [1.82, 2.24) is 0 Å². The predicted octanol–water partition coefficient (Wildman–Crippen LogP) is 1.10. The molecule has 0 unspecified atom stereocenters. The van der Waals surface area contributed by atoms with Crippen LogP contribution in [0.2, 0.25) is 13.1 Å². The van der Waals surface area contributed by atoms with Crippen LogP contribution in [0.25, 0.3) is 0 Å². The van der Waals surface area contributed by atoms with Crippen molar-refractivity contribution in [3.8, 4) is 0 Å². The number of rotatable bonds is 4. The van der Waals surface area contributed by atoms with Gasteiger partial charge < -0.3 is 0 Å². The van der Waals surface area contributed by atoms with Crippen LogP contribution < -0.4 is 0 Å². The first-order valence-electron chi connectivity index (χ1n) is 2.66. The minimum absolute atomic E-state index is 0.491. The molecule has 0 aliphatic rings. The van der Waals surface area contributed by atoms with Gasteiger partial charge in [-0.2, -0.15) is 0 Å². The Hall–Kier alpha value is -0.123. The maximum atomic E-state index is 4.85. The highest BCUT2D eigenvalue weighted by atomic mass is 28.3. The summed E-state index contributed by atoms with van der Waals surface area (Å²) >= 11 is 0. The molecule has 0 aliphatic heterocycles. The van der Waals surface area contributed by atoms with Gasteiger partial charge in [0, 0.05) is 0 Å². The van der Waals surface area contributed by atoms with E-state index in [1.54, 1.807) is 6.08 Å². The highest BCUT2D eigenvalue weighted by Crippen LogP contribution is 1.84. The molecule has 0 heterocycles. The third kappa shape index (κ3) is 5.88. The lowest BCUT2D eigenvalue weighted by Gasteiger charge is -2.01. The minimum Gasteiger partial charge on any atom is -0.291 e. The fourth-order valence-corrected chi connectivity index (χ4v) is 0.574. The molecule has 0 aromatic rings. The van der Waals surface area contributed by atoms with E-state index in [0.29, 0.717) is 6.61 Å². The SMILES string of the molecule is C=CCOO[SiH](C)C. The lowest BCUT2D eigenvalue weighted by molar-refractivity contribution is -0.201. The Kier molecular flexibility index (Phi) is 4.95. The average molecular weight is 132 g/mol. The van der Waals surface area contributed by atoms with Crippen LogP contribution in [-0.4, -0.2) is 15.6 Å². The fraction of sp³-hybridized carbons (Fsp3) is 0.600. The van der Waals surface area contributed by atoms with E-state index in [1.165, 1.54) is 0 Å². The van der Waals surface area contributed by atoms with E-state index < -0.39 is 9.04 Å². The number of hydrogen-bond donors (Lipinski definition) is 0. The fourth-order valence-electron chi connectivity index (χ4n) is 0.223. The van der Waals surface area contributed by atoms with Crippen LogP contribution in [0.5, 0.6) is 0 Å². The van der Waals surface area contributed by atoms with Crippen molar-refractivity contribution in [3.05, 3.63) is 12.7 Å².